The number of amides is 1. The molecule has 0 aliphatic carbocycles. The molecule has 1 unspecified atom stereocenters. The van der Waals surface area contributed by atoms with Crippen LogP contribution in [0.3, 0.4) is 0 Å². The first-order valence-electron chi connectivity index (χ1n) is 12.5. The summed E-state index contributed by atoms with van der Waals surface area (Å²) in [6, 6.07) is 11.6. The van der Waals surface area contributed by atoms with E-state index in [9.17, 15) is 9.18 Å². The second kappa shape index (κ2) is 11.3. The fraction of sp³-hybridized carbons (Fsp3) is 0.310. The summed E-state index contributed by atoms with van der Waals surface area (Å²) < 4.78 is 21.1. The Morgan fingerprint density at radius 2 is 2.03 bits per heavy atom. The lowest BCUT2D eigenvalue weighted by Gasteiger charge is -2.44. The van der Waals surface area contributed by atoms with Crippen molar-refractivity contribution in [2.45, 2.75) is 39.2 Å². The van der Waals surface area contributed by atoms with Crippen LogP contribution in [0.15, 0.2) is 73.1 Å². The zero-order valence-corrected chi connectivity index (χ0v) is 21.7. The zero-order chi connectivity index (χ0) is 26.5. The number of ether oxygens (including phenoxy) is 1. The normalized spacial score (nSPS) is 16.3. The number of carbonyl (C=O) groups excluding carboxylic acids is 1. The largest absolute Gasteiger partial charge is 0.495 e. The molecule has 194 valence electrons. The van der Waals surface area contributed by atoms with Gasteiger partial charge in [-0.3, -0.25) is 9.69 Å². The van der Waals surface area contributed by atoms with Crippen LogP contribution in [0.4, 0.5) is 4.39 Å². The van der Waals surface area contributed by atoms with Crippen LogP contribution in [-0.2, 0) is 4.79 Å². The van der Waals surface area contributed by atoms with Crippen molar-refractivity contribution in [3.63, 3.8) is 0 Å². The van der Waals surface area contributed by atoms with Gasteiger partial charge in [0, 0.05) is 19.3 Å². The lowest BCUT2D eigenvalue weighted by atomic mass is 9.98. The van der Waals surface area contributed by atoms with E-state index in [0.717, 1.165) is 48.4 Å². The van der Waals surface area contributed by atoms with E-state index in [4.69, 9.17) is 10.5 Å². The first kappa shape index (κ1) is 26.0. The van der Waals surface area contributed by atoms with E-state index in [1.807, 2.05) is 35.9 Å². The minimum Gasteiger partial charge on any atom is -0.495 e. The predicted octanol–water partition coefficient (Wildman–Crippen LogP) is 5.17. The SMILES string of the molecule is C=C1N(CCCC)CCC(c2ccc(F)cc2)N1C(=O)/C(N)=C/c1ccc(-n2cnc(C)c2)c(OC)c1. The Balaban J connectivity index is 1.64. The van der Waals surface area contributed by atoms with Crippen LogP contribution in [-0.4, -0.2) is 45.5 Å². The number of imidazole rings is 1. The third-order valence-corrected chi connectivity index (χ3v) is 6.65. The number of halogens is 1. The lowest BCUT2D eigenvalue weighted by Crippen LogP contribution is -2.48. The molecule has 2 heterocycles. The summed E-state index contributed by atoms with van der Waals surface area (Å²) in [6.07, 6.45) is 8.01. The van der Waals surface area contributed by atoms with Crippen molar-refractivity contribution in [2.75, 3.05) is 20.2 Å². The molecule has 0 spiro atoms. The van der Waals surface area contributed by atoms with Crippen LogP contribution in [0.2, 0.25) is 0 Å². The van der Waals surface area contributed by atoms with Crippen molar-refractivity contribution in [2.24, 2.45) is 5.73 Å². The Bertz CT molecular complexity index is 1300. The predicted molar refractivity (Wildman–Crippen MR) is 143 cm³/mol. The molecule has 7 nitrogen and oxygen atoms in total. The van der Waals surface area contributed by atoms with Crippen LogP contribution in [0.5, 0.6) is 5.75 Å². The van der Waals surface area contributed by atoms with E-state index in [2.05, 4.69) is 23.4 Å². The van der Waals surface area contributed by atoms with Crippen molar-refractivity contribution in [1.29, 1.82) is 0 Å². The van der Waals surface area contributed by atoms with Crippen LogP contribution in [0, 0.1) is 12.7 Å². The highest BCUT2D eigenvalue weighted by Crippen LogP contribution is 2.35. The number of nitrogens with two attached hydrogens (primary N) is 1. The van der Waals surface area contributed by atoms with Crippen molar-refractivity contribution in [1.82, 2.24) is 19.4 Å². The Kier molecular flexibility index (Phi) is 7.96. The van der Waals surface area contributed by atoms with Gasteiger partial charge in [0.15, 0.2) is 0 Å². The molecule has 1 fully saturated rings. The van der Waals surface area contributed by atoms with E-state index in [-0.39, 0.29) is 23.5 Å². The molecule has 0 bridgehead atoms. The molecule has 0 radical (unpaired) electrons. The van der Waals surface area contributed by atoms with Gasteiger partial charge in [0.05, 0.1) is 36.6 Å². The van der Waals surface area contributed by atoms with Crippen LogP contribution in [0.1, 0.15) is 49.0 Å². The summed E-state index contributed by atoms with van der Waals surface area (Å²) in [5, 5.41) is 0. The third-order valence-electron chi connectivity index (χ3n) is 6.65. The molecule has 3 aromatic rings. The number of benzene rings is 2. The average molecular weight is 504 g/mol. The van der Waals surface area contributed by atoms with E-state index >= 15 is 0 Å². The number of aromatic nitrogens is 2. The minimum atomic E-state index is -0.339. The topological polar surface area (TPSA) is 76.6 Å². The van der Waals surface area contributed by atoms with Crippen LogP contribution in [0.25, 0.3) is 11.8 Å². The van der Waals surface area contributed by atoms with Gasteiger partial charge in [-0.15, -0.1) is 0 Å². The highest BCUT2D eigenvalue weighted by Gasteiger charge is 2.35. The molecule has 1 atom stereocenters. The monoisotopic (exact) mass is 503 g/mol. The molecule has 8 heteroatoms. The molecule has 1 aliphatic rings. The van der Waals surface area contributed by atoms with Gasteiger partial charge in [-0.2, -0.15) is 0 Å². The summed E-state index contributed by atoms with van der Waals surface area (Å²) in [4.78, 5) is 21.8. The van der Waals surface area contributed by atoms with Crippen molar-refractivity contribution in [3.05, 3.63) is 95.7 Å². The van der Waals surface area contributed by atoms with Crippen molar-refractivity contribution >= 4 is 12.0 Å². The summed E-state index contributed by atoms with van der Waals surface area (Å²) in [5.74, 6) is 0.583. The maximum absolute atomic E-state index is 13.8. The average Bonchev–Trinajstić information content (AvgIpc) is 3.33. The molecule has 1 aromatic heterocycles. The molecule has 1 saturated heterocycles. The van der Waals surface area contributed by atoms with Crippen LogP contribution >= 0.6 is 0 Å². The van der Waals surface area contributed by atoms with Gasteiger partial charge < -0.3 is 19.9 Å². The molecule has 1 amide bonds. The first-order chi connectivity index (χ1) is 17.8. The summed E-state index contributed by atoms with van der Waals surface area (Å²) in [5.41, 5.74) is 9.78. The van der Waals surface area contributed by atoms with Crippen molar-refractivity contribution < 1.29 is 13.9 Å². The molecule has 1 aliphatic heterocycles. The smallest absolute Gasteiger partial charge is 0.275 e. The van der Waals surface area contributed by atoms with Gasteiger partial charge >= 0.3 is 0 Å². The second-order valence-corrected chi connectivity index (χ2v) is 9.24. The number of nitrogens with zero attached hydrogens (tertiary/aromatic N) is 4. The highest BCUT2D eigenvalue weighted by molar-refractivity contribution is 5.98. The number of methoxy groups -OCH3 is 1. The summed E-state index contributed by atoms with van der Waals surface area (Å²) in [6.45, 7) is 9.88. The second-order valence-electron chi connectivity index (χ2n) is 9.24. The molecule has 4 rings (SSSR count). The van der Waals surface area contributed by atoms with Gasteiger partial charge in [-0.05, 0) is 61.2 Å². The molecular weight excluding hydrogens is 469 g/mol. The molecule has 37 heavy (non-hydrogen) atoms. The molecule has 2 N–H and O–H groups in total. The highest BCUT2D eigenvalue weighted by atomic mass is 19.1. The van der Waals surface area contributed by atoms with Gasteiger partial charge in [0.1, 0.15) is 17.4 Å². The van der Waals surface area contributed by atoms with E-state index in [1.165, 1.54) is 12.1 Å². The van der Waals surface area contributed by atoms with Gasteiger partial charge in [-0.1, -0.05) is 38.1 Å². The Hall–Kier alpha value is -4.07. The number of aryl methyl sites for hydroxylation is 1. The number of unbranched alkanes of at least 4 members (excludes halogenated alkanes) is 1. The number of carbonyl (C=O) groups is 1. The Labute approximate surface area is 217 Å². The fourth-order valence-electron chi connectivity index (χ4n) is 4.65. The van der Waals surface area contributed by atoms with Gasteiger partial charge in [0.2, 0.25) is 0 Å². The zero-order valence-electron chi connectivity index (χ0n) is 21.7. The number of hydrogen-bond acceptors (Lipinski definition) is 5. The van der Waals surface area contributed by atoms with E-state index < -0.39 is 0 Å². The molecule has 2 aromatic carbocycles. The standard InChI is InChI=1S/C29H34FN5O2/c1-5-6-14-33-15-13-26(23-8-10-24(30)11-9-23)35(21(33)3)29(36)25(31)16-22-7-12-27(28(17-22)37-4)34-18-20(2)32-19-34/h7-12,16-19,26H,3,5-6,13-15,31H2,1-2,4H3/b25-16-. The lowest BCUT2D eigenvalue weighted by molar-refractivity contribution is -0.130. The quantitative estimate of drug-likeness (QED) is 0.429. The first-order valence-corrected chi connectivity index (χ1v) is 12.5. The maximum Gasteiger partial charge on any atom is 0.275 e. The number of hydrogen-bond donors (Lipinski definition) is 1. The Morgan fingerprint density at radius 1 is 1.27 bits per heavy atom. The van der Waals surface area contributed by atoms with Crippen LogP contribution < -0.4 is 10.5 Å². The molecular formula is C29H34FN5O2. The van der Waals surface area contributed by atoms with Crippen molar-refractivity contribution in [3.8, 4) is 11.4 Å². The fourth-order valence-corrected chi connectivity index (χ4v) is 4.65. The third kappa shape index (κ3) is 5.69. The molecule has 0 saturated carbocycles. The van der Waals surface area contributed by atoms with Gasteiger partial charge in [0.25, 0.3) is 5.91 Å². The Morgan fingerprint density at radius 3 is 2.68 bits per heavy atom. The number of rotatable bonds is 8. The van der Waals surface area contributed by atoms with E-state index in [0.29, 0.717) is 18.0 Å². The van der Waals surface area contributed by atoms with E-state index in [1.54, 1.807) is 36.5 Å². The minimum absolute atomic E-state index is 0.0823. The van der Waals surface area contributed by atoms with Gasteiger partial charge in [-0.25, -0.2) is 9.37 Å². The maximum atomic E-state index is 13.8. The summed E-state index contributed by atoms with van der Waals surface area (Å²) >= 11 is 0. The summed E-state index contributed by atoms with van der Waals surface area (Å²) in [7, 11) is 1.60.